The highest BCUT2D eigenvalue weighted by Gasteiger charge is 2.19. The lowest BCUT2D eigenvalue weighted by atomic mass is 10.1. The molecule has 0 radical (unpaired) electrons. The molecule has 2 aromatic carbocycles. The van der Waals surface area contributed by atoms with Crippen molar-refractivity contribution < 1.29 is 13.9 Å². The predicted octanol–water partition coefficient (Wildman–Crippen LogP) is 3.89. The summed E-state index contributed by atoms with van der Waals surface area (Å²) >= 11 is 1.18. The number of carbonyl (C=O) groups excluding carboxylic acids is 1. The number of ether oxygens (including phenoxy) is 1. The molecule has 1 N–H and O–H groups in total. The number of para-hydroxylation sites is 1. The van der Waals surface area contributed by atoms with Crippen LogP contribution >= 0.6 is 11.3 Å². The molecule has 0 unspecified atom stereocenters. The topological polar surface area (TPSA) is 73.2 Å². The van der Waals surface area contributed by atoms with E-state index in [2.05, 4.69) is 10.3 Å². The summed E-state index contributed by atoms with van der Waals surface area (Å²) in [6.07, 6.45) is 1.43. The second-order valence-electron chi connectivity index (χ2n) is 7.04. The number of rotatable bonds is 6. The Labute approximate surface area is 181 Å². The fraction of sp³-hybridized carbons (Fsp3) is 0.174. The lowest BCUT2D eigenvalue weighted by Gasteiger charge is -2.09. The molecule has 1 amide bonds. The predicted molar refractivity (Wildman–Crippen MR) is 118 cm³/mol. The van der Waals surface area contributed by atoms with E-state index in [-0.39, 0.29) is 23.8 Å². The summed E-state index contributed by atoms with van der Waals surface area (Å²) in [5.74, 6) is 0.0561. The van der Waals surface area contributed by atoms with Crippen molar-refractivity contribution in [2.75, 3.05) is 7.11 Å². The fourth-order valence-corrected chi connectivity index (χ4v) is 4.48. The Kier molecular flexibility index (Phi) is 5.81. The number of aromatic nitrogens is 2. The minimum atomic E-state index is -0.361. The molecule has 0 saturated carbocycles. The summed E-state index contributed by atoms with van der Waals surface area (Å²) in [5.41, 5.74) is 1.84. The minimum Gasteiger partial charge on any atom is -0.496 e. The zero-order chi connectivity index (χ0) is 22.0. The van der Waals surface area contributed by atoms with Gasteiger partial charge in [-0.05, 0) is 36.2 Å². The molecule has 0 aliphatic rings. The van der Waals surface area contributed by atoms with Crippen molar-refractivity contribution in [2.24, 2.45) is 0 Å². The highest BCUT2D eigenvalue weighted by atomic mass is 32.1. The van der Waals surface area contributed by atoms with Crippen LogP contribution in [0.4, 0.5) is 4.39 Å². The number of carbonyl (C=O) groups is 1. The largest absolute Gasteiger partial charge is 0.496 e. The first kappa shape index (κ1) is 20.7. The Morgan fingerprint density at radius 2 is 2.03 bits per heavy atom. The number of hydrogen-bond donors (Lipinski definition) is 1. The Morgan fingerprint density at radius 3 is 2.81 bits per heavy atom. The van der Waals surface area contributed by atoms with Crippen LogP contribution in [-0.2, 0) is 13.1 Å². The maximum Gasteiger partial charge on any atom is 0.262 e. The van der Waals surface area contributed by atoms with E-state index in [9.17, 15) is 14.0 Å². The van der Waals surface area contributed by atoms with Gasteiger partial charge in [0.2, 0.25) is 0 Å². The van der Waals surface area contributed by atoms with Crippen molar-refractivity contribution in [3.63, 3.8) is 0 Å². The average Bonchev–Trinajstić information content (AvgIpc) is 3.11. The number of nitrogens with zero attached hydrogens (tertiary/aromatic N) is 2. The molecule has 31 heavy (non-hydrogen) atoms. The van der Waals surface area contributed by atoms with Gasteiger partial charge in [0.25, 0.3) is 11.5 Å². The third-order valence-corrected chi connectivity index (χ3v) is 6.20. The molecule has 0 aliphatic heterocycles. The molecule has 0 bridgehead atoms. The van der Waals surface area contributed by atoms with Crippen molar-refractivity contribution in [1.82, 2.24) is 14.9 Å². The zero-order valence-corrected chi connectivity index (χ0v) is 17.8. The summed E-state index contributed by atoms with van der Waals surface area (Å²) in [4.78, 5) is 31.1. The van der Waals surface area contributed by atoms with Crippen LogP contribution in [0.3, 0.4) is 0 Å². The van der Waals surface area contributed by atoms with Crippen LogP contribution < -0.4 is 15.6 Å². The highest BCUT2D eigenvalue weighted by molar-refractivity contribution is 7.20. The molecule has 0 fully saturated rings. The van der Waals surface area contributed by atoms with Crippen molar-refractivity contribution in [3.05, 3.63) is 92.6 Å². The normalized spacial score (nSPS) is 10.9. The molecule has 4 rings (SSSR count). The number of fused-ring (bicyclic) bond motifs is 1. The number of nitrogens with one attached hydrogen (secondary N) is 1. The molecule has 0 saturated heterocycles. The Balaban J connectivity index is 1.61. The molecule has 158 valence electrons. The number of aryl methyl sites for hydroxylation is 1. The molecule has 2 aromatic heterocycles. The lowest BCUT2D eigenvalue weighted by molar-refractivity contribution is 0.0954. The highest BCUT2D eigenvalue weighted by Crippen LogP contribution is 2.27. The molecular weight excluding hydrogens is 417 g/mol. The Hall–Kier alpha value is -3.52. The summed E-state index contributed by atoms with van der Waals surface area (Å²) in [6.45, 7) is 2.24. The quantitative estimate of drug-likeness (QED) is 0.497. The Bertz CT molecular complexity index is 1330. The monoisotopic (exact) mass is 437 g/mol. The number of methoxy groups -OCH3 is 1. The molecule has 8 heteroatoms. The zero-order valence-electron chi connectivity index (χ0n) is 17.0. The van der Waals surface area contributed by atoms with Crippen LogP contribution in [0.2, 0.25) is 0 Å². The third kappa shape index (κ3) is 4.20. The first-order valence-electron chi connectivity index (χ1n) is 9.61. The van der Waals surface area contributed by atoms with Gasteiger partial charge in [0, 0.05) is 12.1 Å². The SMILES string of the molecule is COc1ccccc1CNC(=O)c1sc2ncn(Cc3cccc(F)c3)c(=O)c2c1C. The molecule has 0 aliphatic carbocycles. The van der Waals surface area contributed by atoms with E-state index in [1.807, 2.05) is 24.3 Å². The van der Waals surface area contributed by atoms with Crippen LogP contribution in [-0.4, -0.2) is 22.6 Å². The summed E-state index contributed by atoms with van der Waals surface area (Å²) in [6, 6.07) is 13.5. The molecule has 0 spiro atoms. The molecule has 0 atom stereocenters. The van der Waals surface area contributed by atoms with Crippen molar-refractivity contribution in [1.29, 1.82) is 0 Å². The van der Waals surface area contributed by atoms with E-state index in [4.69, 9.17) is 4.74 Å². The van der Waals surface area contributed by atoms with E-state index >= 15 is 0 Å². The Morgan fingerprint density at radius 1 is 1.23 bits per heavy atom. The van der Waals surface area contributed by atoms with Gasteiger partial charge in [-0.25, -0.2) is 9.37 Å². The smallest absolute Gasteiger partial charge is 0.262 e. The fourth-order valence-electron chi connectivity index (χ4n) is 3.43. The molecule has 6 nitrogen and oxygen atoms in total. The van der Waals surface area contributed by atoms with Crippen molar-refractivity contribution in [2.45, 2.75) is 20.0 Å². The summed E-state index contributed by atoms with van der Waals surface area (Å²) in [7, 11) is 1.58. The number of halogens is 1. The second kappa shape index (κ2) is 8.69. The van der Waals surface area contributed by atoms with Gasteiger partial charge in [-0.3, -0.25) is 14.2 Å². The van der Waals surface area contributed by atoms with E-state index in [0.29, 0.717) is 38.5 Å². The minimum absolute atomic E-state index is 0.199. The van der Waals surface area contributed by atoms with Gasteiger partial charge < -0.3 is 10.1 Å². The van der Waals surface area contributed by atoms with Crippen LogP contribution in [0.25, 0.3) is 10.2 Å². The first-order chi connectivity index (χ1) is 15.0. The van der Waals surface area contributed by atoms with Crippen LogP contribution in [0.15, 0.2) is 59.7 Å². The lowest BCUT2D eigenvalue weighted by Crippen LogP contribution is -2.23. The van der Waals surface area contributed by atoms with Gasteiger partial charge in [-0.2, -0.15) is 0 Å². The van der Waals surface area contributed by atoms with Crippen LogP contribution in [0, 0.1) is 12.7 Å². The maximum absolute atomic E-state index is 13.5. The molecule has 4 aromatic rings. The van der Waals surface area contributed by atoms with Gasteiger partial charge in [-0.15, -0.1) is 11.3 Å². The van der Waals surface area contributed by atoms with E-state index in [1.165, 1.54) is 34.4 Å². The summed E-state index contributed by atoms with van der Waals surface area (Å²) < 4.78 is 20.2. The number of hydrogen-bond acceptors (Lipinski definition) is 5. The van der Waals surface area contributed by atoms with Gasteiger partial charge >= 0.3 is 0 Å². The first-order valence-corrected chi connectivity index (χ1v) is 10.4. The van der Waals surface area contributed by atoms with Gasteiger partial charge in [0.1, 0.15) is 16.4 Å². The molecular formula is C23H20FN3O3S. The van der Waals surface area contributed by atoms with Crippen LogP contribution in [0.5, 0.6) is 5.75 Å². The van der Waals surface area contributed by atoms with Gasteiger partial charge in [0.05, 0.1) is 30.2 Å². The average molecular weight is 437 g/mol. The number of amides is 1. The third-order valence-electron chi connectivity index (χ3n) is 5.00. The van der Waals surface area contributed by atoms with Crippen LogP contribution in [0.1, 0.15) is 26.4 Å². The van der Waals surface area contributed by atoms with Gasteiger partial charge in [0.15, 0.2) is 0 Å². The van der Waals surface area contributed by atoms with E-state index < -0.39 is 0 Å². The number of benzene rings is 2. The van der Waals surface area contributed by atoms with E-state index in [1.54, 1.807) is 26.2 Å². The van der Waals surface area contributed by atoms with Crippen molar-refractivity contribution in [3.8, 4) is 5.75 Å². The summed E-state index contributed by atoms with van der Waals surface area (Å²) in [5, 5.41) is 3.29. The number of thiophene rings is 1. The second-order valence-corrected chi connectivity index (χ2v) is 8.04. The van der Waals surface area contributed by atoms with E-state index in [0.717, 1.165) is 5.56 Å². The molecule has 2 heterocycles. The van der Waals surface area contributed by atoms with Gasteiger partial charge in [-0.1, -0.05) is 30.3 Å². The van der Waals surface area contributed by atoms with Crippen molar-refractivity contribution >= 4 is 27.5 Å². The standard InChI is InChI=1S/C23H20FN3O3S/c1-14-19-22(26-13-27(23(19)29)12-15-6-5-8-17(24)10-15)31-20(14)21(28)25-11-16-7-3-4-9-18(16)30-2/h3-10,13H,11-12H2,1-2H3,(H,25,28). The maximum atomic E-state index is 13.5.